The molecule has 1 fully saturated rings. The second-order valence-electron chi connectivity index (χ2n) is 7.36. The maximum atomic E-state index is 13.7. The molecule has 1 saturated heterocycles. The van der Waals surface area contributed by atoms with Crippen molar-refractivity contribution in [1.29, 1.82) is 0 Å². The molecule has 0 aliphatic carbocycles. The van der Waals surface area contributed by atoms with Gasteiger partial charge in [0.2, 0.25) is 0 Å². The highest BCUT2D eigenvalue weighted by molar-refractivity contribution is 7.16. The molecule has 10 nitrogen and oxygen atoms in total. The molecular formula is C22H21FN4O6S. The van der Waals surface area contributed by atoms with E-state index in [-0.39, 0.29) is 29.2 Å². The first-order valence-electron chi connectivity index (χ1n) is 10.5. The van der Waals surface area contributed by atoms with Gasteiger partial charge in [-0.05, 0) is 37.3 Å². The molecular weight excluding hydrogens is 467 g/mol. The minimum Gasteiger partial charge on any atom is -0.465 e. The van der Waals surface area contributed by atoms with Gasteiger partial charge in [-0.25, -0.2) is 4.39 Å². The van der Waals surface area contributed by atoms with Crippen molar-refractivity contribution in [3.63, 3.8) is 0 Å². The summed E-state index contributed by atoms with van der Waals surface area (Å²) in [6, 6.07) is 8.22. The second kappa shape index (κ2) is 10.1. The number of carbonyl (C=O) groups excluding carboxylic acids is 2. The molecule has 0 saturated carbocycles. The number of fused-ring (bicyclic) bond motifs is 1. The Morgan fingerprint density at radius 2 is 2.00 bits per heavy atom. The number of esters is 1. The lowest BCUT2D eigenvalue weighted by Crippen LogP contribution is -2.36. The minimum atomic E-state index is -0.721. The van der Waals surface area contributed by atoms with Crippen molar-refractivity contribution in [1.82, 2.24) is 4.57 Å². The van der Waals surface area contributed by atoms with Crippen LogP contribution in [0, 0.1) is 15.9 Å². The molecule has 0 bridgehead atoms. The van der Waals surface area contributed by atoms with E-state index in [1.807, 2.05) is 4.90 Å². The van der Waals surface area contributed by atoms with Crippen LogP contribution in [-0.4, -0.2) is 54.3 Å². The second-order valence-corrected chi connectivity index (χ2v) is 8.37. The van der Waals surface area contributed by atoms with E-state index >= 15 is 0 Å². The normalized spacial score (nSPS) is 14.4. The fraction of sp³-hybridized carbons (Fsp3) is 0.318. The van der Waals surface area contributed by atoms with Crippen LogP contribution in [0.3, 0.4) is 0 Å². The van der Waals surface area contributed by atoms with E-state index in [0.29, 0.717) is 42.2 Å². The van der Waals surface area contributed by atoms with E-state index in [1.54, 1.807) is 6.92 Å². The average molecular weight is 488 g/mol. The maximum Gasteiger partial charge on any atom is 0.326 e. The van der Waals surface area contributed by atoms with E-state index in [2.05, 4.69) is 4.99 Å². The van der Waals surface area contributed by atoms with Gasteiger partial charge in [-0.2, -0.15) is 4.99 Å². The first-order valence-corrected chi connectivity index (χ1v) is 11.3. The number of amides is 1. The summed E-state index contributed by atoms with van der Waals surface area (Å²) in [5.41, 5.74) is 0.731. The third-order valence-corrected chi connectivity index (χ3v) is 6.25. The third-order valence-electron chi connectivity index (χ3n) is 5.21. The summed E-state index contributed by atoms with van der Waals surface area (Å²) < 4.78 is 26.0. The van der Waals surface area contributed by atoms with E-state index < -0.39 is 22.6 Å². The summed E-state index contributed by atoms with van der Waals surface area (Å²) in [6.07, 6.45) is 0. The van der Waals surface area contributed by atoms with Gasteiger partial charge in [0, 0.05) is 24.7 Å². The molecule has 178 valence electrons. The van der Waals surface area contributed by atoms with E-state index in [1.165, 1.54) is 41.0 Å². The summed E-state index contributed by atoms with van der Waals surface area (Å²) in [4.78, 5) is 42.3. The van der Waals surface area contributed by atoms with Gasteiger partial charge in [0.05, 0.1) is 35.0 Å². The Labute approximate surface area is 197 Å². The standard InChI is InChI=1S/C22H21FN4O6S/c1-2-33-20(28)13-26-17-6-4-15(23)12-19(17)34-22(26)24-21(29)14-3-5-16(18(11-14)27(30)31)25-7-9-32-10-8-25/h3-6,11-12H,2,7-10,13H2,1H3. The van der Waals surface area contributed by atoms with Crippen molar-refractivity contribution >= 4 is 44.8 Å². The van der Waals surface area contributed by atoms with Crippen LogP contribution >= 0.6 is 11.3 Å². The predicted octanol–water partition coefficient (Wildman–Crippen LogP) is 2.89. The molecule has 0 N–H and O–H groups in total. The van der Waals surface area contributed by atoms with E-state index in [4.69, 9.17) is 9.47 Å². The zero-order chi connectivity index (χ0) is 24.2. The van der Waals surface area contributed by atoms with Gasteiger partial charge in [0.1, 0.15) is 18.0 Å². The van der Waals surface area contributed by atoms with E-state index in [0.717, 1.165) is 11.3 Å². The first-order chi connectivity index (χ1) is 16.4. The number of carbonyl (C=O) groups is 2. The lowest BCUT2D eigenvalue weighted by Gasteiger charge is -2.28. The number of aromatic nitrogens is 1. The topological polar surface area (TPSA) is 116 Å². The number of thiazole rings is 1. The van der Waals surface area contributed by atoms with Crippen LogP contribution in [0.5, 0.6) is 0 Å². The molecule has 0 unspecified atom stereocenters. The van der Waals surface area contributed by atoms with Gasteiger partial charge in [-0.1, -0.05) is 11.3 Å². The molecule has 0 atom stereocenters. The number of hydrogen-bond acceptors (Lipinski definition) is 8. The number of halogens is 1. The number of ether oxygens (including phenoxy) is 2. The Kier molecular flexibility index (Phi) is 6.98. The Hall–Kier alpha value is -3.64. The SMILES string of the molecule is CCOC(=O)Cn1c(=NC(=O)c2ccc(N3CCOCC3)c([N+](=O)[O-])c2)sc2cc(F)ccc21. The van der Waals surface area contributed by atoms with Gasteiger partial charge >= 0.3 is 5.97 Å². The fourth-order valence-corrected chi connectivity index (χ4v) is 4.70. The van der Waals surface area contributed by atoms with Crippen LogP contribution in [0.25, 0.3) is 10.2 Å². The van der Waals surface area contributed by atoms with Gasteiger partial charge < -0.3 is 18.9 Å². The summed E-state index contributed by atoms with van der Waals surface area (Å²) in [6.45, 7) is 3.56. The van der Waals surface area contributed by atoms with E-state index in [9.17, 15) is 24.1 Å². The maximum absolute atomic E-state index is 13.7. The average Bonchev–Trinajstić information content (AvgIpc) is 3.14. The number of nitro groups is 1. The fourth-order valence-electron chi connectivity index (χ4n) is 3.65. The molecule has 1 amide bonds. The van der Waals surface area contributed by atoms with Crippen molar-refractivity contribution in [3.05, 3.63) is 62.7 Å². The van der Waals surface area contributed by atoms with Gasteiger partial charge in [-0.15, -0.1) is 0 Å². The molecule has 34 heavy (non-hydrogen) atoms. The highest BCUT2D eigenvalue weighted by Crippen LogP contribution is 2.30. The van der Waals surface area contributed by atoms with Crippen molar-refractivity contribution in [2.24, 2.45) is 4.99 Å². The summed E-state index contributed by atoms with van der Waals surface area (Å²) in [5.74, 6) is -1.73. The lowest BCUT2D eigenvalue weighted by atomic mass is 10.1. The predicted molar refractivity (Wildman–Crippen MR) is 122 cm³/mol. The molecule has 2 heterocycles. The lowest BCUT2D eigenvalue weighted by molar-refractivity contribution is -0.384. The molecule has 2 aromatic carbocycles. The summed E-state index contributed by atoms with van der Waals surface area (Å²) in [5, 5.41) is 11.7. The highest BCUT2D eigenvalue weighted by Gasteiger charge is 2.23. The van der Waals surface area contributed by atoms with Crippen LogP contribution < -0.4 is 9.70 Å². The van der Waals surface area contributed by atoms with Crippen LogP contribution in [-0.2, 0) is 20.8 Å². The summed E-state index contributed by atoms with van der Waals surface area (Å²) in [7, 11) is 0. The van der Waals surface area contributed by atoms with Crippen LogP contribution in [0.1, 0.15) is 17.3 Å². The molecule has 1 aliphatic heterocycles. The molecule has 0 spiro atoms. The Morgan fingerprint density at radius 1 is 1.24 bits per heavy atom. The van der Waals surface area contributed by atoms with Crippen molar-refractivity contribution < 1.29 is 28.4 Å². The van der Waals surface area contributed by atoms with Crippen molar-refractivity contribution in [2.75, 3.05) is 37.8 Å². The monoisotopic (exact) mass is 488 g/mol. The first kappa shape index (κ1) is 23.5. The molecule has 1 aliphatic rings. The van der Waals surface area contributed by atoms with Gasteiger partial charge in [0.15, 0.2) is 4.80 Å². The molecule has 4 rings (SSSR count). The molecule has 3 aromatic rings. The van der Waals surface area contributed by atoms with Crippen LogP contribution in [0.2, 0.25) is 0 Å². The van der Waals surface area contributed by atoms with Crippen LogP contribution in [0.4, 0.5) is 15.8 Å². The van der Waals surface area contributed by atoms with Gasteiger partial charge in [0.25, 0.3) is 11.6 Å². The third kappa shape index (κ3) is 4.97. The Balaban J connectivity index is 1.74. The summed E-state index contributed by atoms with van der Waals surface area (Å²) >= 11 is 1.03. The van der Waals surface area contributed by atoms with Crippen molar-refractivity contribution in [2.45, 2.75) is 13.5 Å². The number of benzene rings is 2. The molecule has 12 heteroatoms. The molecule has 1 aromatic heterocycles. The quantitative estimate of drug-likeness (QED) is 0.298. The van der Waals surface area contributed by atoms with Crippen molar-refractivity contribution in [3.8, 4) is 0 Å². The zero-order valence-corrected chi connectivity index (χ0v) is 19.0. The number of rotatable bonds is 6. The molecule has 0 radical (unpaired) electrons. The highest BCUT2D eigenvalue weighted by atomic mass is 32.1. The number of nitrogens with zero attached hydrogens (tertiary/aromatic N) is 4. The Bertz CT molecular complexity index is 1330. The largest absolute Gasteiger partial charge is 0.465 e. The number of morpholine rings is 1. The number of anilines is 1. The number of nitro benzene ring substituents is 1. The zero-order valence-electron chi connectivity index (χ0n) is 18.2. The van der Waals surface area contributed by atoms with Crippen LogP contribution in [0.15, 0.2) is 41.4 Å². The van der Waals surface area contributed by atoms with Gasteiger partial charge in [-0.3, -0.25) is 19.7 Å². The minimum absolute atomic E-state index is 0.0232. The Morgan fingerprint density at radius 3 is 2.71 bits per heavy atom. The number of hydrogen-bond donors (Lipinski definition) is 0. The smallest absolute Gasteiger partial charge is 0.326 e.